The van der Waals surface area contributed by atoms with Crippen LogP contribution in [0.1, 0.15) is 20.3 Å². The zero-order valence-electron chi connectivity index (χ0n) is 10.6. The molecule has 17 heavy (non-hydrogen) atoms. The van der Waals surface area contributed by atoms with E-state index in [0.29, 0.717) is 6.42 Å². The minimum absolute atomic E-state index is 0.214. The van der Waals surface area contributed by atoms with Gasteiger partial charge in [-0.05, 0) is 25.5 Å². The van der Waals surface area contributed by atoms with Gasteiger partial charge < -0.3 is 10.0 Å². The summed E-state index contributed by atoms with van der Waals surface area (Å²) in [6.07, 6.45) is 0.459. The van der Waals surface area contributed by atoms with E-state index in [1.54, 1.807) is 14.0 Å². The Morgan fingerprint density at radius 1 is 1.41 bits per heavy atom. The molecule has 1 aromatic carbocycles. The van der Waals surface area contributed by atoms with Crippen molar-refractivity contribution in [2.24, 2.45) is 0 Å². The summed E-state index contributed by atoms with van der Waals surface area (Å²) >= 11 is 0. The number of rotatable bonds is 4. The Morgan fingerprint density at radius 2 is 1.94 bits per heavy atom. The first kappa shape index (κ1) is 13.5. The van der Waals surface area contributed by atoms with Gasteiger partial charge in [-0.25, -0.2) is 0 Å². The number of hydrogen-bond donors (Lipinski definition) is 1. The number of para-hydroxylation sites is 1. The highest BCUT2D eigenvalue weighted by Gasteiger charge is 2.29. The maximum Gasteiger partial charge on any atom is 0.256 e. The summed E-state index contributed by atoms with van der Waals surface area (Å²) in [6.45, 7) is 7.13. The van der Waals surface area contributed by atoms with Gasteiger partial charge in [0.2, 0.25) is 0 Å². The lowest BCUT2D eigenvalue weighted by molar-refractivity contribution is -0.116. The fourth-order valence-electron chi connectivity index (χ4n) is 1.42. The first-order chi connectivity index (χ1) is 7.90. The van der Waals surface area contributed by atoms with Gasteiger partial charge in [-0.1, -0.05) is 31.7 Å². The molecule has 0 fully saturated rings. The molecule has 1 unspecified atom stereocenters. The molecule has 0 bridgehead atoms. The predicted octanol–water partition coefficient (Wildman–Crippen LogP) is 2.37. The highest BCUT2D eigenvalue weighted by atomic mass is 16.3. The highest BCUT2D eigenvalue weighted by Crippen LogP contribution is 2.22. The Morgan fingerprint density at radius 3 is 2.41 bits per heavy atom. The molecule has 0 radical (unpaired) electrons. The molecule has 1 rings (SSSR count). The van der Waals surface area contributed by atoms with Crippen LogP contribution in [0.2, 0.25) is 0 Å². The summed E-state index contributed by atoms with van der Waals surface area (Å²) in [5.41, 5.74) is -0.156. The van der Waals surface area contributed by atoms with Crippen molar-refractivity contribution in [1.29, 1.82) is 0 Å². The molecular weight excluding hydrogens is 214 g/mol. The van der Waals surface area contributed by atoms with Crippen molar-refractivity contribution in [3.8, 4) is 0 Å². The molecule has 0 saturated heterocycles. The lowest BCUT2D eigenvalue weighted by Crippen LogP contribution is -2.37. The Labute approximate surface area is 102 Å². The average molecular weight is 233 g/mol. The zero-order chi connectivity index (χ0) is 13.1. The van der Waals surface area contributed by atoms with Crippen LogP contribution in [0.15, 0.2) is 42.5 Å². The Bertz CT molecular complexity index is 409. The molecule has 0 aliphatic rings. The minimum atomic E-state index is -1.15. The first-order valence-electron chi connectivity index (χ1n) is 5.65. The number of nitrogens with zero attached hydrogens (tertiary/aromatic N) is 1. The fourth-order valence-corrected chi connectivity index (χ4v) is 1.42. The molecule has 0 spiro atoms. The molecular formula is C14H19NO2. The van der Waals surface area contributed by atoms with Crippen molar-refractivity contribution in [3.63, 3.8) is 0 Å². The zero-order valence-corrected chi connectivity index (χ0v) is 10.6. The number of carbonyl (C=O) groups excluding carboxylic acids is 1. The lowest BCUT2D eigenvalue weighted by atomic mass is 9.93. The summed E-state index contributed by atoms with van der Waals surface area (Å²) in [5, 5.41) is 10.0. The Kier molecular flexibility index (Phi) is 4.07. The molecule has 92 valence electrons. The van der Waals surface area contributed by atoms with Gasteiger partial charge in [0.25, 0.3) is 5.91 Å². The monoisotopic (exact) mass is 233 g/mol. The summed E-state index contributed by atoms with van der Waals surface area (Å²) < 4.78 is 0. The number of likely N-dealkylation sites (N-methyl/N-ethyl adjacent to an activating group) is 1. The topological polar surface area (TPSA) is 40.5 Å². The lowest BCUT2D eigenvalue weighted by Gasteiger charge is -2.27. The number of amides is 1. The second-order valence-corrected chi connectivity index (χ2v) is 4.31. The molecule has 1 atom stereocenters. The third-order valence-electron chi connectivity index (χ3n) is 3.04. The van der Waals surface area contributed by atoms with Crippen LogP contribution in [-0.4, -0.2) is 23.7 Å². The van der Waals surface area contributed by atoms with Gasteiger partial charge >= 0.3 is 0 Å². The van der Waals surface area contributed by atoms with Crippen molar-refractivity contribution in [2.75, 3.05) is 11.9 Å². The molecule has 0 heterocycles. The van der Waals surface area contributed by atoms with E-state index in [4.69, 9.17) is 0 Å². The van der Waals surface area contributed by atoms with Gasteiger partial charge in [0.15, 0.2) is 0 Å². The smallest absolute Gasteiger partial charge is 0.256 e. The molecule has 1 amide bonds. The Balaban J connectivity index is 2.88. The van der Waals surface area contributed by atoms with Crippen LogP contribution in [0.3, 0.4) is 0 Å². The normalized spacial score (nSPS) is 13.9. The number of hydrogen-bond acceptors (Lipinski definition) is 2. The van der Waals surface area contributed by atoms with Crippen molar-refractivity contribution in [1.82, 2.24) is 0 Å². The standard InChI is InChI=1S/C14H19NO2/c1-5-14(3,17)11(2)13(16)15(4)12-9-7-6-8-10-12/h6-10,17H,2,5H2,1,3-4H3. The van der Waals surface area contributed by atoms with Crippen LogP contribution in [0.4, 0.5) is 5.69 Å². The molecule has 0 aliphatic heterocycles. The molecule has 3 heteroatoms. The first-order valence-corrected chi connectivity index (χ1v) is 5.65. The molecule has 3 nitrogen and oxygen atoms in total. The van der Waals surface area contributed by atoms with E-state index in [1.165, 1.54) is 4.90 Å². The van der Waals surface area contributed by atoms with Gasteiger partial charge in [-0.2, -0.15) is 0 Å². The van der Waals surface area contributed by atoms with Gasteiger partial charge in [0.05, 0.1) is 5.60 Å². The molecule has 1 aromatic rings. The van der Waals surface area contributed by atoms with E-state index in [1.807, 2.05) is 37.3 Å². The third kappa shape index (κ3) is 2.94. The number of aliphatic hydroxyl groups is 1. The molecule has 0 saturated carbocycles. The summed E-state index contributed by atoms with van der Waals surface area (Å²) in [4.78, 5) is 13.6. The molecule has 0 aliphatic carbocycles. The van der Waals surface area contributed by atoms with Crippen LogP contribution in [0.5, 0.6) is 0 Å². The minimum Gasteiger partial charge on any atom is -0.385 e. The van der Waals surface area contributed by atoms with Crippen molar-refractivity contribution in [3.05, 3.63) is 42.5 Å². The maximum atomic E-state index is 12.1. The van der Waals surface area contributed by atoms with E-state index >= 15 is 0 Å². The van der Waals surface area contributed by atoms with E-state index in [2.05, 4.69) is 6.58 Å². The van der Waals surface area contributed by atoms with Crippen LogP contribution in [0, 0.1) is 0 Å². The quantitative estimate of drug-likeness (QED) is 0.811. The number of anilines is 1. The van der Waals surface area contributed by atoms with Crippen LogP contribution in [0.25, 0.3) is 0 Å². The van der Waals surface area contributed by atoms with Crippen LogP contribution >= 0.6 is 0 Å². The SMILES string of the molecule is C=C(C(=O)N(C)c1ccccc1)C(C)(O)CC. The maximum absolute atomic E-state index is 12.1. The van der Waals surface area contributed by atoms with Gasteiger partial charge in [-0.3, -0.25) is 4.79 Å². The van der Waals surface area contributed by atoms with E-state index in [-0.39, 0.29) is 11.5 Å². The van der Waals surface area contributed by atoms with Crippen LogP contribution < -0.4 is 4.90 Å². The predicted molar refractivity (Wildman–Crippen MR) is 69.9 cm³/mol. The third-order valence-corrected chi connectivity index (χ3v) is 3.04. The number of benzene rings is 1. The van der Waals surface area contributed by atoms with Crippen LogP contribution in [-0.2, 0) is 4.79 Å². The van der Waals surface area contributed by atoms with E-state index < -0.39 is 5.60 Å². The summed E-state index contributed by atoms with van der Waals surface area (Å²) in [6, 6.07) is 9.29. The van der Waals surface area contributed by atoms with Gasteiger partial charge in [0.1, 0.15) is 0 Å². The average Bonchev–Trinajstić information content (AvgIpc) is 2.37. The fraction of sp³-hybridized carbons (Fsp3) is 0.357. The van der Waals surface area contributed by atoms with Gasteiger partial charge in [-0.15, -0.1) is 0 Å². The Hall–Kier alpha value is -1.61. The van der Waals surface area contributed by atoms with Crippen molar-refractivity contribution >= 4 is 11.6 Å². The van der Waals surface area contributed by atoms with E-state index in [0.717, 1.165) is 5.69 Å². The van der Waals surface area contributed by atoms with Crippen molar-refractivity contribution < 1.29 is 9.90 Å². The van der Waals surface area contributed by atoms with E-state index in [9.17, 15) is 9.90 Å². The highest BCUT2D eigenvalue weighted by molar-refractivity contribution is 6.06. The second-order valence-electron chi connectivity index (χ2n) is 4.31. The van der Waals surface area contributed by atoms with Crippen molar-refractivity contribution in [2.45, 2.75) is 25.9 Å². The second kappa shape index (κ2) is 5.15. The summed E-state index contributed by atoms with van der Waals surface area (Å²) in [5.74, 6) is -0.261. The largest absolute Gasteiger partial charge is 0.385 e. The van der Waals surface area contributed by atoms with Gasteiger partial charge in [0, 0.05) is 18.3 Å². The molecule has 1 N–H and O–H groups in total. The molecule has 0 aromatic heterocycles. The number of carbonyl (C=O) groups is 1. The summed E-state index contributed by atoms with van der Waals surface area (Å²) in [7, 11) is 1.68.